The van der Waals surface area contributed by atoms with Gasteiger partial charge in [0.05, 0.1) is 33.5 Å². The van der Waals surface area contributed by atoms with Gasteiger partial charge in [-0.1, -0.05) is 152 Å². The van der Waals surface area contributed by atoms with Crippen molar-refractivity contribution in [2.45, 2.75) is 13.8 Å². The fraction of sp³-hybridized carbons (Fsp3) is 0.0385. The van der Waals surface area contributed by atoms with Crippen LogP contribution in [0.4, 0.5) is 5.69 Å². The second-order valence-electron chi connectivity index (χ2n) is 14.5. The van der Waals surface area contributed by atoms with Crippen molar-refractivity contribution < 1.29 is 9.59 Å². The molecule has 56 heavy (non-hydrogen) atoms. The van der Waals surface area contributed by atoms with Gasteiger partial charge in [0.15, 0.2) is 0 Å². The quantitative estimate of drug-likeness (QED) is 0.161. The van der Waals surface area contributed by atoms with Crippen LogP contribution in [0.3, 0.4) is 0 Å². The van der Waals surface area contributed by atoms with Gasteiger partial charge in [-0.2, -0.15) is 0 Å². The first kappa shape index (κ1) is 33.3. The predicted octanol–water partition coefficient (Wildman–Crippen LogP) is 12.9. The number of aromatic nitrogens is 1. The zero-order chi connectivity index (χ0) is 37.9. The fourth-order valence-corrected chi connectivity index (χ4v) is 8.56. The van der Waals surface area contributed by atoms with E-state index in [9.17, 15) is 4.79 Å². The molecule has 0 spiro atoms. The molecule has 0 saturated carbocycles. The Morgan fingerprint density at radius 1 is 0.375 bits per heavy atom. The largest absolute Gasteiger partial charge is 0.307 e. The third-order valence-electron chi connectivity index (χ3n) is 11.2. The van der Waals surface area contributed by atoms with Gasteiger partial charge in [-0.25, -0.2) is 4.90 Å². The lowest BCUT2D eigenvalue weighted by Gasteiger charge is -2.19. The average Bonchev–Trinajstić information content (AvgIpc) is 3.72. The van der Waals surface area contributed by atoms with Crippen molar-refractivity contribution in [3.8, 4) is 50.2 Å². The minimum Gasteiger partial charge on any atom is -0.307 e. The molecule has 2 heterocycles. The number of fused-ring (bicyclic) bond motifs is 4. The summed E-state index contributed by atoms with van der Waals surface area (Å²) in [5.41, 5.74) is 14.5. The molecule has 1 aliphatic heterocycles. The molecule has 1 aliphatic rings. The molecule has 0 aliphatic carbocycles. The standard InChI is InChI=1S/C52H36N2O2/c1-33-16-9-11-22-40(33)42-24-13-26-44-45-27-14-25-43(41-23-12-10-17-34(41)2)50(45)54(49(42)44)47-29-15-28-46-48(47)52(56)53(51(46)55)39-31-37(35-18-5-3-6-19-35)30-38(32-39)36-20-7-4-8-21-36/h3-32H,1-2H3. The lowest BCUT2D eigenvalue weighted by atomic mass is 9.97. The summed E-state index contributed by atoms with van der Waals surface area (Å²) >= 11 is 0. The van der Waals surface area contributed by atoms with Crippen molar-refractivity contribution in [1.29, 1.82) is 0 Å². The van der Waals surface area contributed by atoms with Gasteiger partial charge in [0.1, 0.15) is 0 Å². The van der Waals surface area contributed by atoms with Crippen LogP contribution >= 0.6 is 0 Å². The molecule has 0 atom stereocenters. The van der Waals surface area contributed by atoms with Crippen LogP contribution < -0.4 is 4.90 Å². The lowest BCUT2D eigenvalue weighted by Crippen LogP contribution is -2.29. The minimum atomic E-state index is -0.346. The zero-order valence-electron chi connectivity index (χ0n) is 31.0. The van der Waals surface area contributed by atoms with E-state index < -0.39 is 0 Å². The average molecular weight is 721 g/mol. The molecule has 4 heteroatoms. The number of para-hydroxylation sites is 2. The first-order valence-corrected chi connectivity index (χ1v) is 18.9. The molecular formula is C52H36N2O2. The lowest BCUT2D eigenvalue weighted by molar-refractivity contribution is 0.0926. The number of aryl methyl sites for hydroxylation is 2. The maximum absolute atomic E-state index is 15.2. The van der Waals surface area contributed by atoms with Crippen molar-refractivity contribution in [1.82, 2.24) is 4.57 Å². The molecule has 0 radical (unpaired) electrons. The summed E-state index contributed by atoms with van der Waals surface area (Å²) in [6.07, 6.45) is 0. The monoisotopic (exact) mass is 720 g/mol. The summed E-state index contributed by atoms with van der Waals surface area (Å²) in [5.74, 6) is -0.684. The van der Waals surface area contributed by atoms with Gasteiger partial charge in [0.25, 0.3) is 11.8 Å². The third kappa shape index (κ3) is 5.22. The molecule has 0 unspecified atom stereocenters. The molecule has 8 aromatic carbocycles. The molecule has 0 bridgehead atoms. The van der Waals surface area contributed by atoms with Gasteiger partial charge in [0, 0.05) is 21.9 Å². The van der Waals surface area contributed by atoms with E-state index in [2.05, 4.69) is 134 Å². The highest BCUT2D eigenvalue weighted by Gasteiger charge is 2.40. The Morgan fingerprint density at radius 3 is 1.34 bits per heavy atom. The third-order valence-corrected chi connectivity index (χ3v) is 11.2. The van der Waals surface area contributed by atoms with E-state index in [0.29, 0.717) is 22.5 Å². The van der Waals surface area contributed by atoms with E-state index in [4.69, 9.17) is 0 Å². The second-order valence-corrected chi connectivity index (χ2v) is 14.5. The summed E-state index contributed by atoms with van der Waals surface area (Å²) in [6.45, 7) is 4.26. The van der Waals surface area contributed by atoms with Crippen LogP contribution in [0.2, 0.25) is 0 Å². The number of amides is 2. The molecule has 266 valence electrons. The Hall–Kier alpha value is -7.30. The van der Waals surface area contributed by atoms with E-state index in [1.807, 2.05) is 60.7 Å². The highest BCUT2D eigenvalue weighted by molar-refractivity contribution is 6.36. The first-order chi connectivity index (χ1) is 27.5. The number of rotatable bonds is 6. The first-order valence-electron chi connectivity index (χ1n) is 18.9. The Labute approximate surface area is 325 Å². The topological polar surface area (TPSA) is 42.3 Å². The second kappa shape index (κ2) is 13.2. The molecule has 9 aromatic rings. The van der Waals surface area contributed by atoms with Crippen molar-refractivity contribution in [3.05, 3.63) is 204 Å². The van der Waals surface area contributed by atoms with Gasteiger partial charge in [-0.3, -0.25) is 9.59 Å². The van der Waals surface area contributed by atoms with E-state index in [1.54, 1.807) is 6.07 Å². The van der Waals surface area contributed by atoms with Gasteiger partial charge in [-0.05, 0) is 88.7 Å². The molecule has 0 fully saturated rings. The van der Waals surface area contributed by atoms with Gasteiger partial charge >= 0.3 is 0 Å². The van der Waals surface area contributed by atoms with E-state index in [-0.39, 0.29) is 11.8 Å². The van der Waals surface area contributed by atoms with Crippen LogP contribution in [0.5, 0.6) is 0 Å². The molecule has 2 amide bonds. The molecule has 0 saturated heterocycles. The van der Waals surface area contributed by atoms with Gasteiger partial charge < -0.3 is 4.57 Å². The van der Waals surface area contributed by atoms with Crippen LogP contribution in [0.15, 0.2) is 182 Å². The normalized spacial score (nSPS) is 12.5. The van der Waals surface area contributed by atoms with Crippen LogP contribution in [0.1, 0.15) is 31.8 Å². The van der Waals surface area contributed by atoms with Crippen LogP contribution in [-0.4, -0.2) is 16.4 Å². The maximum Gasteiger partial charge on any atom is 0.268 e. The number of hydrogen-bond donors (Lipinski definition) is 0. The molecule has 0 N–H and O–H groups in total. The van der Waals surface area contributed by atoms with Crippen molar-refractivity contribution in [2.75, 3.05) is 4.90 Å². The van der Waals surface area contributed by atoms with Gasteiger partial charge in [-0.15, -0.1) is 0 Å². The van der Waals surface area contributed by atoms with Crippen molar-refractivity contribution in [2.24, 2.45) is 0 Å². The molecule has 10 rings (SSSR count). The number of hydrogen-bond acceptors (Lipinski definition) is 2. The smallest absolute Gasteiger partial charge is 0.268 e. The number of carbonyl (C=O) groups excluding carboxylic acids is 2. The Morgan fingerprint density at radius 2 is 0.821 bits per heavy atom. The summed E-state index contributed by atoms with van der Waals surface area (Å²) in [7, 11) is 0. The summed E-state index contributed by atoms with van der Waals surface area (Å²) < 4.78 is 2.25. The van der Waals surface area contributed by atoms with Crippen molar-refractivity contribution in [3.63, 3.8) is 0 Å². The summed E-state index contributed by atoms with van der Waals surface area (Å²) in [5, 5.41) is 2.15. The number of benzene rings is 8. The van der Waals surface area contributed by atoms with Gasteiger partial charge in [0.2, 0.25) is 0 Å². The molecule has 1 aromatic heterocycles. The fourth-order valence-electron chi connectivity index (χ4n) is 8.56. The maximum atomic E-state index is 15.2. The number of nitrogens with zero attached hydrogens (tertiary/aromatic N) is 2. The zero-order valence-corrected chi connectivity index (χ0v) is 31.0. The van der Waals surface area contributed by atoms with Crippen molar-refractivity contribution >= 4 is 39.3 Å². The number of carbonyl (C=O) groups is 2. The SMILES string of the molecule is Cc1ccccc1-c1cccc2c3cccc(-c4ccccc4C)c3n(-c3cccc4c3C(=O)N(c3cc(-c5ccccc5)cc(-c5ccccc5)c3)C4=O)c12. The number of anilines is 1. The number of imide groups is 1. The molecular weight excluding hydrogens is 685 g/mol. The summed E-state index contributed by atoms with van der Waals surface area (Å²) in [4.78, 5) is 31.3. The highest BCUT2D eigenvalue weighted by Crippen LogP contribution is 2.45. The minimum absolute atomic E-state index is 0.338. The van der Waals surface area contributed by atoms with E-state index >= 15 is 4.79 Å². The predicted molar refractivity (Wildman–Crippen MR) is 230 cm³/mol. The Bertz CT molecular complexity index is 2870. The Balaban J connectivity index is 1.25. The van der Waals surface area contributed by atoms with Crippen LogP contribution in [0, 0.1) is 13.8 Å². The molecule has 4 nitrogen and oxygen atoms in total. The van der Waals surface area contributed by atoms with Crippen LogP contribution in [0.25, 0.3) is 72.0 Å². The summed E-state index contributed by atoms with van der Waals surface area (Å²) in [6, 6.07) is 61.6. The highest BCUT2D eigenvalue weighted by atomic mass is 16.2. The van der Waals surface area contributed by atoms with E-state index in [1.165, 1.54) is 4.90 Å². The van der Waals surface area contributed by atoms with E-state index in [0.717, 1.165) is 77.4 Å². The van der Waals surface area contributed by atoms with Crippen LogP contribution in [-0.2, 0) is 0 Å². The Kier molecular flexibility index (Phi) is 7.86.